The van der Waals surface area contributed by atoms with Gasteiger partial charge >= 0.3 is 0 Å². The SMILES string of the molecule is CCCCCCCCCC(C(C)O)S(=O)(=O)O. The first-order valence-electron chi connectivity index (χ1n) is 6.54. The van der Waals surface area contributed by atoms with E-state index < -0.39 is 21.5 Å². The normalized spacial score (nSPS) is 15.8. The Kier molecular flexibility index (Phi) is 8.82. The Morgan fingerprint density at radius 3 is 1.88 bits per heavy atom. The van der Waals surface area contributed by atoms with Crippen LogP contribution in [0.1, 0.15) is 65.2 Å². The molecular formula is C12H26O4S. The van der Waals surface area contributed by atoms with E-state index in [-0.39, 0.29) is 0 Å². The largest absolute Gasteiger partial charge is 0.392 e. The summed E-state index contributed by atoms with van der Waals surface area (Å²) in [4.78, 5) is 0. The van der Waals surface area contributed by atoms with Gasteiger partial charge in [0.1, 0.15) is 5.25 Å². The maximum Gasteiger partial charge on any atom is 0.270 e. The van der Waals surface area contributed by atoms with Crippen LogP contribution < -0.4 is 0 Å². The highest BCUT2D eigenvalue weighted by Crippen LogP contribution is 2.15. The van der Waals surface area contributed by atoms with Gasteiger partial charge in [-0.15, -0.1) is 0 Å². The third-order valence-corrected chi connectivity index (χ3v) is 4.41. The van der Waals surface area contributed by atoms with Crippen molar-refractivity contribution in [2.24, 2.45) is 0 Å². The van der Waals surface area contributed by atoms with Gasteiger partial charge in [0.05, 0.1) is 6.10 Å². The first kappa shape index (κ1) is 16.9. The molecule has 0 saturated heterocycles. The van der Waals surface area contributed by atoms with Crippen LogP contribution in [-0.4, -0.2) is 29.4 Å². The molecular weight excluding hydrogens is 240 g/mol. The summed E-state index contributed by atoms with van der Waals surface area (Å²) in [5.41, 5.74) is 0. The van der Waals surface area contributed by atoms with Crippen molar-refractivity contribution in [1.29, 1.82) is 0 Å². The summed E-state index contributed by atoms with van der Waals surface area (Å²) in [5, 5.41) is 8.25. The lowest BCUT2D eigenvalue weighted by atomic mass is 10.1. The van der Waals surface area contributed by atoms with Crippen LogP contribution in [0.2, 0.25) is 0 Å². The van der Waals surface area contributed by atoms with Gasteiger partial charge in [-0.2, -0.15) is 8.42 Å². The first-order chi connectivity index (χ1) is 7.89. The lowest BCUT2D eigenvalue weighted by Crippen LogP contribution is -2.31. The summed E-state index contributed by atoms with van der Waals surface area (Å²) in [6, 6.07) is 0. The van der Waals surface area contributed by atoms with E-state index in [1.165, 1.54) is 32.6 Å². The molecule has 0 aliphatic carbocycles. The summed E-state index contributed by atoms with van der Waals surface area (Å²) in [6.07, 6.45) is 7.00. The van der Waals surface area contributed by atoms with Gasteiger partial charge in [-0.25, -0.2) is 0 Å². The molecule has 0 rings (SSSR count). The van der Waals surface area contributed by atoms with Crippen molar-refractivity contribution in [1.82, 2.24) is 0 Å². The fourth-order valence-electron chi connectivity index (χ4n) is 1.94. The Bertz CT molecular complexity index is 272. The van der Waals surface area contributed by atoms with E-state index in [2.05, 4.69) is 6.92 Å². The van der Waals surface area contributed by atoms with Gasteiger partial charge in [0.25, 0.3) is 10.1 Å². The Morgan fingerprint density at radius 1 is 1.00 bits per heavy atom. The molecule has 0 aromatic carbocycles. The lowest BCUT2D eigenvalue weighted by Gasteiger charge is -2.16. The van der Waals surface area contributed by atoms with Crippen LogP contribution in [0, 0.1) is 0 Å². The number of unbranched alkanes of at least 4 members (excludes halogenated alkanes) is 6. The van der Waals surface area contributed by atoms with E-state index in [1.807, 2.05) is 0 Å². The molecule has 0 amide bonds. The Labute approximate surface area is 105 Å². The maximum absolute atomic E-state index is 11.0. The number of rotatable bonds is 10. The third kappa shape index (κ3) is 8.57. The standard InChI is InChI=1S/C12H26O4S/c1-3-4-5-6-7-8-9-10-12(11(2)13)17(14,15)16/h11-13H,3-10H2,1-2H3,(H,14,15,16). The van der Waals surface area contributed by atoms with E-state index in [0.717, 1.165) is 19.3 Å². The lowest BCUT2D eigenvalue weighted by molar-refractivity contribution is 0.178. The molecule has 0 aliphatic heterocycles. The molecule has 0 bridgehead atoms. The summed E-state index contributed by atoms with van der Waals surface area (Å²) in [6.45, 7) is 3.57. The maximum atomic E-state index is 11.0. The van der Waals surface area contributed by atoms with Crippen molar-refractivity contribution in [3.05, 3.63) is 0 Å². The average Bonchev–Trinajstić information content (AvgIpc) is 2.19. The highest BCUT2D eigenvalue weighted by Gasteiger charge is 2.27. The summed E-state index contributed by atoms with van der Waals surface area (Å²) >= 11 is 0. The second-order valence-electron chi connectivity index (χ2n) is 4.70. The van der Waals surface area contributed by atoms with Crippen LogP contribution in [0.25, 0.3) is 0 Å². The molecule has 0 spiro atoms. The van der Waals surface area contributed by atoms with Crippen molar-refractivity contribution in [3.63, 3.8) is 0 Å². The monoisotopic (exact) mass is 266 g/mol. The van der Waals surface area contributed by atoms with E-state index >= 15 is 0 Å². The number of aliphatic hydroxyl groups is 1. The summed E-state index contributed by atoms with van der Waals surface area (Å²) in [5.74, 6) is 0. The van der Waals surface area contributed by atoms with Crippen molar-refractivity contribution in [3.8, 4) is 0 Å². The molecule has 2 N–H and O–H groups in total. The van der Waals surface area contributed by atoms with E-state index in [4.69, 9.17) is 4.55 Å². The van der Waals surface area contributed by atoms with Crippen molar-refractivity contribution in [2.45, 2.75) is 76.6 Å². The van der Waals surface area contributed by atoms with Gasteiger partial charge in [0, 0.05) is 0 Å². The molecule has 2 atom stereocenters. The molecule has 0 aromatic rings. The number of aliphatic hydroxyl groups excluding tert-OH is 1. The van der Waals surface area contributed by atoms with Gasteiger partial charge in [0.2, 0.25) is 0 Å². The van der Waals surface area contributed by atoms with Gasteiger partial charge in [-0.3, -0.25) is 4.55 Å². The molecule has 0 aliphatic rings. The Hall–Kier alpha value is -0.130. The molecule has 0 saturated carbocycles. The topological polar surface area (TPSA) is 74.6 Å². The van der Waals surface area contributed by atoms with Crippen LogP contribution in [0.15, 0.2) is 0 Å². The van der Waals surface area contributed by atoms with Crippen LogP contribution in [0.3, 0.4) is 0 Å². The predicted molar refractivity (Wildman–Crippen MR) is 69.6 cm³/mol. The highest BCUT2D eigenvalue weighted by molar-refractivity contribution is 7.86. The van der Waals surface area contributed by atoms with E-state index in [9.17, 15) is 13.5 Å². The molecule has 17 heavy (non-hydrogen) atoms. The molecule has 0 radical (unpaired) electrons. The van der Waals surface area contributed by atoms with Gasteiger partial charge in [0.15, 0.2) is 0 Å². The van der Waals surface area contributed by atoms with Crippen LogP contribution >= 0.6 is 0 Å². The fourth-order valence-corrected chi connectivity index (χ4v) is 2.90. The molecule has 0 heterocycles. The molecule has 0 fully saturated rings. The number of hydrogen-bond acceptors (Lipinski definition) is 3. The van der Waals surface area contributed by atoms with E-state index in [0.29, 0.717) is 6.42 Å². The molecule has 104 valence electrons. The third-order valence-electron chi connectivity index (χ3n) is 3.01. The smallest absolute Gasteiger partial charge is 0.270 e. The van der Waals surface area contributed by atoms with Gasteiger partial charge < -0.3 is 5.11 Å². The van der Waals surface area contributed by atoms with E-state index in [1.54, 1.807) is 0 Å². The minimum absolute atomic E-state index is 0.338. The highest BCUT2D eigenvalue weighted by atomic mass is 32.2. The second-order valence-corrected chi connectivity index (χ2v) is 6.34. The Balaban J connectivity index is 3.71. The van der Waals surface area contributed by atoms with Crippen LogP contribution in [0.5, 0.6) is 0 Å². The first-order valence-corrected chi connectivity index (χ1v) is 8.04. The zero-order valence-electron chi connectivity index (χ0n) is 10.9. The van der Waals surface area contributed by atoms with Crippen molar-refractivity contribution >= 4 is 10.1 Å². The molecule has 0 aromatic heterocycles. The fraction of sp³-hybridized carbons (Fsp3) is 1.00. The van der Waals surface area contributed by atoms with Gasteiger partial charge in [-0.05, 0) is 13.3 Å². The quantitative estimate of drug-likeness (QED) is 0.471. The number of hydrogen-bond donors (Lipinski definition) is 2. The predicted octanol–water partition coefficient (Wildman–Crippen LogP) is 2.76. The average molecular weight is 266 g/mol. The van der Waals surface area contributed by atoms with Gasteiger partial charge in [-0.1, -0.05) is 51.9 Å². The minimum Gasteiger partial charge on any atom is -0.392 e. The molecule has 5 heteroatoms. The molecule has 4 nitrogen and oxygen atoms in total. The van der Waals surface area contributed by atoms with Crippen molar-refractivity contribution in [2.75, 3.05) is 0 Å². The van der Waals surface area contributed by atoms with Crippen LogP contribution in [0.4, 0.5) is 0 Å². The summed E-state index contributed by atoms with van der Waals surface area (Å²) in [7, 11) is -4.12. The van der Waals surface area contributed by atoms with Crippen LogP contribution in [-0.2, 0) is 10.1 Å². The Morgan fingerprint density at radius 2 is 1.47 bits per heavy atom. The second kappa shape index (κ2) is 8.89. The molecule has 2 unspecified atom stereocenters. The summed E-state index contributed by atoms with van der Waals surface area (Å²) < 4.78 is 30.9. The zero-order valence-corrected chi connectivity index (χ0v) is 11.7. The zero-order chi connectivity index (χ0) is 13.3. The van der Waals surface area contributed by atoms with Crippen molar-refractivity contribution < 1.29 is 18.1 Å². The minimum atomic E-state index is -4.12.